The van der Waals surface area contributed by atoms with Crippen molar-refractivity contribution in [2.45, 2.75) is 32.3 Å². The molecule has 3 heteroatoms. The van der Waals surface area contributed by atoms with Gasteiger partial charge in [-0.05, 0) is 37.8 Å². The van der Waals surface area contributed by atoms with Gasteiger partial charge < -0.3 is 9.64 Å². The Morgan fingerprint density at radius 2 is 2.20 bits per heavy atom. The Bertz CT molecular complexity index is 447. The zero-order valence-electron chi connectivity index (χ0n) is 12.2. The summed E-state index contributed by atoms with van der Waals surface area (Å²) in [5.41, 5.74) is 2.51. The molecular weight excluding hydrogens is 250 g/mol. The first-order valence-electron chi connectivity index (χ1n) is 7.27. The first kappa shape index (κ1) is 14.8. The fourth-order valence-corrected chi connectivity index (χ4v) is 2.47. The topological polar surface area (TPSA) is 29.5 Å². The van der Waals surface area contributed by atoms with Gasteiger partial charge >= 0.3 is 0 Å². The molecule has 0 aliphatic carbocycles. The normalized spacial score (nSPS) is 17.9. The minimum absolute atomic E-state index is 0.00684. The third kappa shape index (κ3) is 4.20. The van der Waals surface area contributed by atoms with Crippen LogP contribution in [0.4, 0.5) is 0 Å². The molecule has 1 aromatic rings. The molecule has 0 radical (unpaired) electrons. The van der Waals surface area contributed by atoms with Gasteiger partial charge in [0.2, 0.25) is 5.91 Å². The molecule has 3 nitrogen and oxygen atoms in total. The lowest BCUT2D eigenvalue weighted by Crippen LogP contribution is -2.37. The second-order valence-corrected chi connectivity index (χ2v) is 5.36. The lowest BCUT2D eigenvalue weighted by Gasteiger charge is -2.24. The lowest BCUT2D eigenvalue weighted by atomic mass is 10.1. The van der Waals surface area contributed by atoms with E-state index < -0.39 is 0 Å². The summed E-state index contributed by atoms with van der Waals surface area (Å²) in [4.78, 5) is 13.8. The van der Waals surface area contributed by atoms with Gasteiger partial charge in [0.05, 0.1) is 6.10 Å². The number of hydrogen-bond donors (Lipinski definition) is 0. The second-order valence-electron chi connectivity index (χ2n) is 5.36. The summed E-state index contributed by atoms with van der Waals surface area (Å²) in [5, 5.41) is 0. The smallest absolute Gasteiger partial charge is 0.246 e. The standard InChI is InChI=1S/C17H23NO2/c1-3-17(19)18(13-16-5-4-12-20-16)11-10-15-8-6-14(2)7-9-15/h3,6-9,16H,1,4-5,10-13H2,2H3. The van der Waals surface area contributed by atoms with Gasteiger partial charge in [-0.2, -0.15) is 0 Å². The van der Waals surface area contributed by atoms with E-state index in [-0.39, 0.29) is 12.0 Å². The van der Waals surface area contributed by atoms with Crippen LogP contribution in [-0.4, -0.2) is 36.6 Å². The number of carbonyl (C=O) groups excluding carboxylic acids is 1. The first-order valence-corrected chi connectivity index (χ1v) is 7.27. The molecule has 1 saturated heterocycles. The maximum atomic E-state index is 11.9. The average molecular weight is 273 g/mol. The van der Waals surface area contributed by atoms with E-state index in [4.69, 9.17) is 4.74 Å². The Morgan fingerprint density at radius 1 is 1.45 bits per heavy atom. The molecule has 1 unspecified atom stereocenters. The van der Waals surface area contributed by atoms with Gasteiger partial charge in [0.25, 0.3) is 0 Å². The van der Waals surface area contributed by atoms with Gasteiger partial charge in [0.15, 0.2) is 0 Å². The molecule has 1 aliphatic rings. The van der Waals surface area contributed by atoms with Gasteiger partial charge in [-0.1, -0.05) is 36.4 Å². The monoisotopic (exact) mass is 273 g/mol. The van der Waals surface area contributed by atoms with E-state index in [0.29, 0.717) is 13.1 Å². The van der Waals surface area contributed by atoms with Crippen molar-refractivity contribution in [3.63, 3.8) is 0 Å². The highest BCUT2D eigenvalue weighted by molar-refractivity contribution is 5.87. The SMILES string of the molecule is C=CC(=O)N(CCc1ccc(C)cc1)CC1CCCO1. The minimum Gasteiger partial charge on any atom is -0.376 e. The number of carbonyl (C=O) groups is 1. The largest absolute Gasteiger partial charge is 0.376 e. The molecule has 1 amide bonds. The zero-order chi connectivity index (χ0) is 14.4. The van der Waals surface area contributed by atoms with Crippen LogP contribution in [0.1, 0.15) is 24.0 Å². The molecular formula is C17H23NO2. The van der Waals surface area contributed by atoms with Crippen LogP contribution in [-0.2, 0) is 16.0 Å². The van der Waals surface area contributed by atoms with Crippen molar-refractivity contribution in [2.24, 2.45) is 0 Å². The van der Waals surface area contributed by atoms with Gasteiger partial charge in [-0.3, -0.25) is 4.79 Å². The summed E-state index contributed by atoms with van der Waals surface area (Å²) in [6.07, 6.45) is 4.60. The molecule has 108 valence electrons. The molecule has 2 rings (SSSR count). The fourth-order valence-electron chi connectivity index (χ4n) is 2.47. The number of benzene rings is 1. The predicted molar refractivity (Wildman–Crippen MR) is 80.6 cm³/mol. The van der Waals surface area contributed by atoms with Crippen molar-refractivity contribution >= 4 is 5.91 Å². The molecule has 1 aliphatic heterocycles. The summed E-state index contributed by atoms with van der Waals surface area (Å²) in [5.74, 6) is -0.00684. The van der Waals surface area contributed by atoms with Crippen molar-refractivity contribution in [2.75, 3.05) is 19.7 Å². The number of rotatable bonds is 6. The number of hydrogen-bond acceptors (Lipinski definition) is 2. The molecule has 1 aromatic carbocycles. The van der Waals surface area contributed by atoms with E-state index in [1.54, 1.807) is 0 Å². The van der Waals surface area contributed by atoms with Crippen molar-refractivity contribution in [3.05, 3.63) is 48.0 Å². The molecule has 0 spiro atoms. The summed E-state index contributed by atoms with van der Waals surface area (Å²) < 4.78 is 5.62. The van der Waals surface area contributed by atoms with Crippen molar-refractivity contribution in [1.82, 2.24) is 4.90 Å². The number of ether oxygens (including phenoxy) is 1. The van der Waals surface area contributed by atoms with Crippen LogP contribution in [0, 0.1) is 6.92 Å². The van der Waals surface area contributed by atoms with Crippen LogP contribution >= 0.6 is 0 Å². The maximum Gasteiger partial charge on any atom is 0.246 e. The van der Waals surface area contributed by atoms with Gasteiger partial charge in [0, 0.05) is 19.7 Å². The van der Waals surface area contributed by atoms with Crippen LogP contribution in [0.25, 0.3) is 0 Å². The Balaban J connectivity index is 1.91. The minimum atomic E-state index is -0.00684. The lowest BCUT2D eigenvalue weighted by molar-refractivity contribution is -0.127. The Hall–Kier alpha value is -1.61. The highest BCUT2D eigenvalue weighted by Crippen LogP contribution is 2.14. The van der Waals surface area contributed by atoms with Crippen LogP contribution in [0.5, 0.6) is 0 Å². The number of aryl methyl sites for hydroxylation is 1. The summed E-state index contributed by atoms with van der Waals surface area (Å²) in [6.45, 7) is 7.88. The quantitative estimate of drug-likeness (QED) is 0.746. The Kier molecular flexibility index (Phi) is 5.36. The van der Waals surface area contributed by atoms with Crippen LogP contribution < -0.4 is 0 Å². The average Bonchev–Trinajstić information content (AvgIpc) is 2.97. The van der Waals surface area contributed by atoms with Crippen molar-refractivity contribution in [3.8, 4) is 0 Å². The highest BCUT2D eigenvalue weighted by atomic mass is 16.5. The van der Waals surface area contributed by atoms with Crippen LogP contribution in [0.3, 0.4) is 0 Å². The van der Waals surface area contributed by atoms with E-state index in [1.165, 1.54) is 17.2 Å². The Labute approximate surface area is 121 Å². The molecule has 0 N–H and O–H groups in total. The van der Waals surface area contributed by atoms with E-state index in [2.05, 4.69) is 37.8 Å². The Morgan fingerprint density at radius 3 is 2.80 bits per heavy atom. The van der Waals surface area contributed by atoms with E-state index >= 15 is 0 Å². The molecule has 1 fully saturated rings. The molecule has 1 atom stereocenters. The zero-order valence-corrected chi connectivity index (χ0v) is 12.2. The number of nitrogens with zero attached hydrogens (tertiary/aromatic N) is 1. The molecule has 1 heterocycles. The van der Waals surface area contributed by atoms with Crippen LogP contribution in [0.15, 0.2) is 36.9 Å². The molecule has 20 heavy (non-hydrogen) atoms. The predicted octanol–water partition coefficient (Wildman–Crippen LogP) is 2.73. The summed E-state index contributed by atoms with van der Waals surface area (Å²) in [6, 6.07) is 8.46. The maximum absolute atomic E-state index is 11.9. The molecule has 0 aromatic heterocycles. The highest BCUT2D eigenvalue weighted by Gasteiger charge is 2.21. The van der Waals surface area contributed by atoms with Gasteiger partial charge in [-0.25, -0.2) is 0 Å². The third-order valence-electron chi connectivity index (χ3n) is 3.73. The van der Waals surface area contributed by atoms with Crippen molar-refractivity contribution < 1.29 is 9.53 Å². The number of amides is 1. The second kappa shape index (κ2) is 7.25. The molecule has 0 bridgehead atoms. The van der Waals surface area contributed by atoms with E-state index in [9.17, 15) is 4.79 Å². The summed E-state index contributed by atoms with van der Waals surface area (Å²) in [7, 11) is 0. The first-order chi connectivity index (χ1) is 9.69. The van der Waals surface area contributed by atoms with Gasteiger partial charge in [-0.15, -0.1) is 0 Å². The van der Waals surface area contributed by atoms with Crippen molar-refractivity contribution in [1.29, 1.82) is 0 Å². The summed E-state index contributed by atoms with van der Waals surface area (Å²) >= 11 is 0. The van der Waals surface area contributed by atoms with Gasteiger partial charge in [0.1, 0.15) is 0 Å². The molecule has 0 saturated carbocycles. The third-order valence-corrected chi connectivity index (χ3v) is 3.73. The fraction of sp³-hybridized carbons (Fsp3) is 0.471. The van der Waals surface area contributed by atoms with Crippen LogP contribution in [0.2, 0.25) is 0 Å². The van der Waals surface area contributed by atoms with E-state index in [1.807, 2.05) is 4.90 Å². The van der Waals surface area contributed by atoms with E-state index in [0.717, 1.165) is 25.9 Å².